The van der Waals surface area contributed by atoms with E-state index in [2.05, 4.69) is 20.5 Å². The van der Waals surface area contributed by atoms with Crippen molar-refractivity contribution >= 4 is 28.4 Å². The summed E-state index contributed by atoms with van der Waals surface area (Å²) in [6.07, 6.45) is 7.33. The van der Waals surface area contributed by atoms with Crippen LogP contribution in [0.1, 0.15) is 54.4 Å². The number of benzene rings is 1. The van der Waals surface area contributed by atoms with Gasteiger partial charge in [0.15, 0.2) is 23.6 Å². The summed E-state index contributed by atoms with van der Waals surface area (Å²) in [6, 6.07) is 1.59. The van der Waals surface area contributed by atoms with Gasteiger partial charge in [-0.05, 0) is 50.7 Å². The maximum atomic E-state index is 15.5. The van der Waals surface area contributed by atoms with Crippen molar-refractivity contribution in [2.24, 2.45) is 7.05 Å². The number of anilines is 2. The van der Waals surface area contributed by atoms with Crippen LogP contribution in [0.4, 0.5) is 15.9 Å². The molecule has 1 aromatic carbocycles. The lowest BCUT2D eigenvalue weighted by Crippen LogP contribution is -2.28. The van der Waals surface area contributed by atoms with Gasteiger partial charge in [0.2, 0.25) is 0 Å². The highest BCUT2D eigenvalue weighted by Crippen LogP contribution is 2.40. The number of aryl methyl sites for hydroxylation is 2. The van der Waals surface area contributed by atoms with Crippen LogP contribution >= 0.6 is 0 Å². The normalized spacial score (nSPS) is 18.1. The smallest absolute Gasteiger partial charge is 0.358 e. The van der Waals surface area contributed by atoms with Gasteiger partial charge in [-0.25, -0.2) is 23.8 Å². The third-order valence-electron chi connectivity index (χ3n) is 7.65. The molecule has 0 amide bonds. The summed E-state index contributed by atoms with van der Waals surface area (Å²) in [6.45, 7) is 3.68. The summed E-state index contributed by atoms with van der Waals surface area (Å²) in [5.41, 5.74) is 8.79. The molecule has 4 aromatic rings. The van der Waals surface area contributed by atoms with Crippen molar-refractivity contribution in [1.82, 2.24) is 29.5 Å². The number of carbonyl (C=O) groups excluding carboxylic acids is 1. The zero-order chi connectivity index (χ0) is 28.7. The lowest BCUT2D eigenvalue weighted by Gasteiger charge is -2.24. The van der Waals surface area contributed by atoms with Gasteiger partial charge in [-0.2, -0.15) is 10.2 Å². The second kappa shape index (κ2) is 11.1. The maximum absolute atomic E-state index is 15.5. The number of methoxy groups -OCH3 is 1. The maximum Gasteiger partial charge on any atom is 0.358 e. The zero-order valence-electron chi connectivity index (χ0n) is 23.3. The van der Waals surface area contributed by atoms with Gasteiger partial charge >= 0.3 is 5.97 Å². The van der Waals surface area contributed by atoms with Crippen LogP contribution in [0.2, 0.25) is 0 Å². The average Bonchev–Trinajstić information content (AvgIpc) is 3.58. The predicted molar refractivity (Wildman–Crippen MR) is 150 cm³/mol. The zero-order valence-corrected chi connectivity index (χ0v) is 23.3. The first-order chi connectivity index (χ1) is 19.9. The number of nitrogens with two attached hydrogens (primary N) is 1. The number of carbonyl (C=O) groups is 1. The molecule has 41 heavy (non-hydrogen) atoms. The first-order valence-electron chi connectivity index (χ1n) is 13.8. The van der Waals surface area contributed by atoms with Crippen molar-refractivity contribution in [3.05, 3.63) is 35.5 Å². The second-order valence-electron chi connectivity index (χ2n) is 10.5. The van der Waals surface area contributed by atoms with Crippen LogP contribution < -0.4 is 11.1 Å². The summed E-state index contributed by atoms with van der Waals surface area (Å²) in [5.74, 6) is -0.326. The van der Waals surface area contributed by atoms with E-state index in [1.807, 2.05) is 0 Å². The van der Waals surface area contributed by atoms with E-state index in [1.54, 1.807) is 35.7 Å². The van der Waals surface area contributed by atoms with Crippen LogP contribution in [-0.2, 0) is 21.3 Å². The molecule has 13 heteroatoms. The minimum atomic E-state index is -0.711. The molecule has 216 valence electrons. The molecule has 0 bridgehead atoms. The van der Waals surface area contributed by atoms with Crippen molar-refractivity contribution in [2.75, 3.05) is 38.0 Å². The second-order valence-corrected chi connectivity index (χ2v) is 10.5. The lowest BCUT2D eigenvalue weighted by atomic mass is 9.98. The molecule has 3 N–H and O–H groups in total. The van der Waals surface area contributed by atoms with E-state index in [4.69, 9.17) is 24.9 Å². The van der Waals surface area contributed by atoms with Crippen LogP contribution in [0.15, 0.2) is 18.5 Å². The van der Waals surface area contributed by atoms with Gasteiger partial charge < -0.3 is 25.3 Å². The Morgan fingerprint density at radius 3 is 2.73 bits per heavy atom. The number of hydrogen-bond donors (Lipinski definition) is 2. The lowest BCUT2D eigenvalue weighted by molar-refractivity contribution is -0.0369. The van der Waals surface area contributed by atoms with Crippen molar-refractivity contribution in [2.45, 2.75) is 51.3 Å². The standard InChI is InChI=1S/C28H33FN8O4/c1-15-12-19(29)25-17(13-31-37(25)20-6-4-5-9-41-20)21(15)23-22(30)24(28(38)39-3)34-26(33-23)18-14-36(2)35-27(18)32-16-7-10-40-11-8-16/h12-14,16,20H,4-11,30H2,1-3H3,(H,32,35). The Hall–Kier alpha value is -4.10. The van der Waals surface area contributed by atoms with E-state index in [9.17, 15) is 4.79 Å². The fourth-order valence-corrected chi connectivity index (χ4v) is 5.60. The SMILES string of the molecule is COC(=O)c1nc(-c2cn(C)nc2NC2CCOCC2)nc(-c2c(C)cc(F)c3c2cnn3C2CCCCO2)c1N. The number of aromatic nitrogens is 6. The Labute approximate surface area is 236 Å². The average molecular weight is 565 g/mol. The van der Waals surface area contributed by atoms with E-state index >= 15 is 4.39 Å². The number of nitrogens with zero attached hydrogens (tertiary/aromatic N) is 6. The highest BCUT2D eigenvalue weighted by atomic mass is 19.1. The number of nitrogen functional groups attached to an aromatic ring is 1. The Balaban J connectivity index is 1.53. The molecule has 2 aliphatic rings. The van der Waals surface area contributed by atoms with Gasteiger partial charge in [0.1, 0.15) is 11.3 Å². The van der Waals surface area contributed by atoms with Gasteiger partial charge in [0.25, 0.3) is 0 Å². The van der Waals surface area contributed by atoms with Crippen molar-refractivity contribution in [1.29, 1.82) is 0 Å². The van der Waals surface area contributed by atoms with Crippen LogP contribution in [0.5, 0.6) is 0 Å². The van der Waals surface area contributed by atoms with Gasteiger partial charge in [0, 0.05) is 50.1 Å². The molecule has 1 unspecified atom stereocenters. The number of rotatable bonds is 6. The quantitative estimate of drug-likeness (QED) is 0.330. The number of ether oxygens (including phenoxy) is 3. The van der Waals surface area contributed by atoms with E-state index in [0.717, 1.165) is 32.1 Å². The monoisotopic (exact) mass is 564 g/mol. The van der Waals surface area contributed by atoms with E-state index in [0.29, 0.717) is 53.2 Å². The minimum absolute atomic E-state index is 0.0288. The summed E-state index contributed by atoms with van der Waals surface area (Å²) < 4.78 is 35.2. The predicted octanol–water partition coefficient (Wildman–Crippen LogP) is 4.00. The highest BCUT2D eigenvalue weighted by Gasteiger charge is 2.28. The molecule has 0 radical (unpaired) electrons. The summed E-state index contributed by atoms with van der Waals surface area (Å²) in [4.78, 5) is 22.3. The largest absolute Gasteiger partial charge is 0.464 e. The van der Waals surface area contributed by atoms with Gasteiger partial charge in [0.05, 0.1) is 30.3 Å². The fourth-order valence-electron chi connectivity index (χ4n) is 5.60. The van der Waals surface area contributed by atoms with E-state index in [1.165, 1.54) is 13.2 Å². The number of fused-ring (bicyclic) bond motifs is 1. The fraction of sp³-hybridized carbons (Fsp3) is 0.464. The summed E-state index contributed by atoms with van der Waals surface area (Å²) in [7, 11) is 3.06. The number of halogens is 1. The Kier molecular flexibility index (Phi) is 7.30. The molecular weight excluding hydrogens is 531 g/mol. The van der Waals surface area contributed by atoms with E-state index < -0.39 is 11.8 Å². The van der Waals surface area contributed by atoms with E-state index in [-0.39, 0.29) is 35.2 Å². The van der Waals surface area contributed by atoms with Gasteiger partial charge in [-0.15, -0.1) is 0 Å². The number of esters is 1. The molecule has 0 spiro atoms. The number of nitrogens with one attached hydrogen (secondary N) is 1. The molecule has 1 atom stereocenters. The molecule has 2 aliphatic heterocycles. The first-order valence-corrected chi connectivity index (χ1v) is 13.8. The third-order valence-corrected chi connectivity index (χ3v) is 7.65. The molecule has 3 aromatic heterocycles. The molecular formula is C28H33FN8O4. The third kappa shape index (κ3) is 4.99. The molecule has 6 rings (SSSR count). The van der Waals surface area contributed by atoms with Crippen LogP contribution in [0, 0.1) is 12.7 Å². The topological polar surface area (TPSA) is 144 Å². The number of hydrogen-bond acceptors (Lipinski definition) is 10. The minimum Gasteiger partial charge on any atom is -0.464 e. The Morgan fingerprint density at radius 1 is 1.20 bits per heavy atom. The molecule has 0 saturated carbocycles. The molecule has 2 saturated heterocycles. The van der Waals surface area contributed by atoms with Crippen LogP contribution in [0.25, 0.3) is 33.5 Å². The first kappa shape index (κ1) is 27.1. The molecule has 12 nitrogen and oxygen atoms in total. The molecule has 0 aliphatic carbocycles. The Morgan fingerprint density at radius 2 is 2.00 bits per heavy atom. The Bertz CT molecular complexity index is 1600. The highest BCUT2D eigenvalue weighted by molar-refractivity contribution is 6.03. The molecule has 5 heterocycles. The van der Waals surface area contributed by atoms with Crippen molar-refractivity contribution in [3.8, 4) is 22.6 Å². The van der Waals surface area contributed by atoms with Gasteiger partial charge in [-0.3, -0.25) is 4.68 Å². The van der Waals surface area contributed by atoms with Crippen LogP contribution in [0.3, 0.4) is 0 Å². The van der Waals surface area contributed by atoms with Crippen molar-refractivity contribution in [3.63, 3.8) is 0 Å². The van der Waals surface area contributed by atoms with Gasteiger partial charge in [-0.1, -0.05) is 0 Å². The molecule has 2 fully saturated rings. The summed E-state index contributed by atoms with van der Waals surface area (Å²) >= 11 is 0. The van der Waals surface area contributed by atoms with Crippen LogP contribution in [-0.4, -0.2) is 68.5 Å². The summed E-state index contributed by atoms with van der Waals surface area (Å²) in [5, 5.41) is 13.1. The van der Waals surface area contributed by atoms with Crippen molar-refractivity contribution < 1.29 is 23.4 Å².